The number of piperidine rings is 1. The number of nitrogens with zero attached hydrogens (tertiary/aromatic N) is 2. The summed E-state index contributed by atoms with van der Waals surface area (Å²) in [5.74, 6) is 0. The van der Waals surface area contributed by atoms with Crippen LogP contribution in [0.2, 0.25) is 0 Å². The van der Waals surface area contributed by atoms with Crippen LogP contribution >= 0.6 is 0 Å². The second-order valence-electron chi connectivity index (χ2n) is 5.54. The normalized spacial score (nSPS) is 19.4. The van der Waals surface area contributed by atoms with E-state index in [4.69, 9.17) is 5.73 Å². The molecule has 1 unspecified atom stereocenters. The Kier molecular flexibility index (Phi) is 5.93. The van der Waals surface area contributed by atoms with Gasteiger partial charge in [-0.25, -0.2) is 4.79 Å². The maximum Gasteiger partial charge on any atom is 0.320 e. The molecule has 1 heterocycles. The van der Waals surface area contributed by atoms with Crippen molar-refractivity contribution < 1.29 is 4.79 Å². The highest BCUT2D eigenvalue weighted by molar-refractivity contribution is 5.75. The molecule has 0 radical (unpaired) electrons. The number of carbonyl (C=O) groups excluding carboxylic acids is 1. The third kappa shape index (κ3) is 3.37. The Hall–Kier alpha value is -0.770. The molecule has 0 aromatic carbocycles. The van der Waals surface area contributed by atoms with Crippen LogP contribution in [0, 0.1) is 0 Å². The fourth-order valence-electron chi connectivity index (χ4n) is 2.52. The summed E-state index contributed by atoms with van der Waals surface area (Å²) in [5.41, 5.74) is 5.70. The first-order valence-electron chi connectivity index (χ1n) is 7.35. The summed E-state index contributed by atoms with van der Waals surface area (Å²) in [6.45, 7) is 9.47. The lowest BCUT2D eigenvalue weighted by Gasteiger charge is -2.43. The van der Waals surface area contributed by atoms with Gasteiger partial charge in [0.25, 0.3) is 0 Å². The molecule has 1 rings (SSSR count). The Morgan fingerprint density at radius 1 is 1.28 bits per heavy atom. The number of likely N-dealkylation sites (tertiary alicyclic amines) is 1. The zero-order valence-corrected chi connectivity index (χ0v) is 12.2. The van der Waals surface area contributed by atoms with Gasteiger partial charge >= 0.3 is 6.03 Å². The number of nitrogens with two attached hydrogens (primary N) is 1. The SMILES string of the molecule is CCCN(C(=O)N1CCCCC1)C(C)(CC)CN. The molecule has 0 spiro atoms. The minimum absolute atomic E-state index is 0.186. The monoisotopic (exact) mass is 255 g/mol. The predicted molar refractivity (Wildman–Crippen MR) is 75.6 cm³/mol. The van der Waals surface area contributed by atoms with E-state index < -0.39 is 0 Å². The maximum atomic E-state index is 12.6. The van der Waals surface area contributed by atoms with E-state index in [2.05, 4.69) is 20.8 Å². The van der Waals surface area contributed by atoms with Crippen LogP contribution in [0.15, 0.2) is 0 Å². The molecule has 0 aromatic rings. The van der Waals surface area contributed by atoms with Crippen molar-refractivity contribution in [2.24, 2.45) is 5.73 Å². The minimum atomic E-state index is -0.204. The summed E-state index contributed by atoms with van der Waals surface area (Å²) in [6.07, 6.45) is 5.41. The molecule has 1 aliphatic rings. The molecule has 0 aliphatic carbocycles. The van der Waals surface area contributed by atoms with Gasteiger partial charge in [0.15, 0.2) is 0 Å². The smallest absolute Gasteiger partial charge is 0.320 e. The van der Waals surface area contributed by atoms with Crippen molar-refractivity contribution in [2.75, 3.05) is 26.2 Å². The van der Waals surface area contributed by atoms with Crippen molar-refractivity contribution in [1.82, 2.24) is 9.80 Å². The number of amides is 2. The molecule has 1 saturated heterocycles. The molecule has 2 amide bonds. The quantitative estimate of drug-likeness (QED) is 0.820. The van der Waals surface area contributed by atoms with E-state index in [0.717, 1.165) is 45.3 Å². The number of rotatable bonds is 5. The molecule has 18 heavy (non-hydrogen) atoms. The summed E-state index contributed by atoms with van der Waals surface area (Å²) >= 11 is 0. The van der Waals surface area contributed by atoms with Crippen LogP contribution in [-0.4, -0.2) is 47.5 Å². The molecule has 0 aromatic heterocycles. The van der Waals surface area contributed by atoms with Crippen LogP contribution in [-0.2, 0) is 0 Å². The Morgan fingerprint density at radius 3 is 2.33 bits per heavy atom. The predicted octanol–water partition coefficient (Wildman–Crippen LogP) is 2.43. The average molecular weight is 255 g/mol. The van der Waals surface area contributed by atoms with E-state index in [-0.39, 0.29) is 11.6 Å². The first kappa shape index (κ1) is 15.3. The number of hydrogen-bond acceptors (Lipinski definition) is 2. The second-order valence-corrected chi connectivity index (χ2v) is 5.54. The van der Waals surface area contributed by atoms with Crippen LogP contribution in [0.3, 0.4) is 0 Å². The highest BCUT2D eigenvalue weighted by Gasteiger charge is 2.34. The van der Waals surface area contributed by atoms with Gasteiger partial charge in [-0.3, -0.25) is 0 Å². The van der Waals surface area contributed by atoms with Crippen LogP contribution in [0.5, 0.6) is 0 Å². The van der Waals surface area contributed by atoms with Gasteiger partial charge in [0, 0.05) is 26.2 Å². The van der Waals surface area contributed by atoms with Crippen LogP contribution in [0.4, 0.5) is 4.79 Å². The van der Waals surface area contributed by atoms with E-state index in [9.17, 15) is 4.79 Å². The summed E-state index contributed by atoms with van der Waals surface area (Å²) in [4.78, 5) is 16.6. The molecule has 0 bridgehead atoms. The van der Waals surface area contributed by atoms with E-state index in [0.29, 0.717) is 6.54 Å². The molecule has 1 atom stereocenters. The lowest BCUT2D eigenvalue weighted by atomic mass is 9.96. The topological polar surface area (TPSA) is 49.6 Å². The van der Waals surface area contributed by atoms with Gasteiger partial charge in [0.05, 0.1) is 5.54 Å². The molecule has 1 aliphatic heterocycles. The third-order valence-electron chi connectivity index (χ3n) is 4.16. The van der Waals surface area contributed by atoms with Crippen LogP contribution in [0.1, 0.15) is 52.9 Å². The van der Waals surface area contributed by atoms with E-state index in [1.54, 1.807) is 0 Å². The third-order valence-corrected chi connectivity index (χ3v) is 4.16. The standard InChI is InChI=1S/C14H29N3O/c1-4-9-17(14(3,5-2)12-15)13(18)16-10-7-6-8-11-16/h4-12,15H2,1-3H3. The summed E-state index contributed by atoms with van der Waals surface area (Å²) in [5, 5.41) is 0. The molecule has 1 fully saturated rings. The molecular weight excluding hydrogens is 226 g/mol. The number of carbonyl (C=O) groups is 1. The van der Waals surface area contributed by atoms with Crippen molar-refractivity contribution >= 4 is 6.03 Å². The van der Waals surface area contributed by atoms with Gasteiger partial charge in [-0.2, -0.15) is 0 Å². The molecular formula is C14H29N3O. The van der Waals surface area contributed by atoms with Gasteiger partial charge in [-0.1, -0.05) is 13.8 Å². The average Bonchev–Trinajstić information content (AvgIpc) is 2.44. The Morgan fingerprint density at radius 2 is 1.89 bits per heavy atom. The lowest BCUT2D eigenvalue weighted by molar-refractivity contribution is 0.0881. The van der Waals surface area contributed by atoms with E-state index in [1.165, 1.54) is 6.42 Å². The fraction of sp³-hybridized carbons (Fsp3) is 0.929. The van der Waals surface area contributed by atoms with Gasteiger partial charge < -0.3 is 15.5 Å². The number of urea groups is 1. The summed E-state index contributed by atoms with van der Waals surface area (Å²) in [7, 11) is 0. The molecule has 4 nitrogen and oxygen atoms in total. The van der Waals surface area contributed by atoms with Crippen molar-refractivity contribution in [3.8, 4) is 0 Å². The fourth-order valence-corrected chi connectivity index (χ4v) is 2.52. The van der Waals surface area contributed by atoms with Crippen molar-refractivity contribution in [3.63, 3.8) is 0 Å². The second kappa shape index (κ2) is 6.98. The maximum absolute atomic E-state index is 12.6. The van der Waals surface area contributed by atoms with Gasteiger partial charge in [0.1, 0.15) is 0 Å². The first-order chi connectivity index (χ1) is 8.59. The van der Waals surface area contributed by atoms with E-state index >= 15 is 0 Å². The Balaban J connectivity index is 2.79. The Labute approximate surface area is 111 Å². The van der Waals surface area contributed by atoms with Gasteiger partial charge in [-0.05, 0) is 39.0 Å². The van der Waals surface area contributed by atoms with Crippen molar-refractivity contribution in [2.45, 2.75) is 58.4 Å². The van der Waals surface area contributed by atoms with Crippen LogP contribution in [0.25, 0.3) is 0 Å². The molecule has 106 valence electrons. The minimum Gasteiger partial charge on any atom is -0.328 e. The van der Waals surface area contributed by atoms with Gasteiger partial charge in [-0.15, -0.1) is 0 Å². The molecule has 2 N–H and O–H groups in total. The lowest BCUT2D eigenvalue weighted by Crippen LogP contribution is -2.58. The van der Waals surface area contributed by atoms with Crippen molar-refractivity contribution in [1.29, 1.82) is 0 Å². The summed E-state index contributed by atoms with van der Waals surface area (Å²) in [6, 6.07) is 0.186. The number of hydrogen-bond donors (Lipinski definition) is 1. The summed E-state index contributed by atoms with van der Waals surface area (Å²) < 4.78 is 0. The first-order valence-corrected chi connectivity index (χ1v) is 7.35. The van der Waals surface area contributed by atoms with E-state index in [1.807, 2.05) is 9.80 Å². The Bertz CT molecular complexity index is 258. The molecule has 0 saturated carbocycles. The molecule has 4 heteroatoms. The highest BCUT2D eigenvalue weighted by atomic mass is 16.2. The highest BCUT2D eigenvalue weighted by Crippen LogP contribution is 2.22. The van der Waals surface area contributed by atoms with Crippen LogP contribution < -0.4 is 5.73 Å². The zero-order chi connectivity index (χ0) is 13.6. The van der Waals surface area contributed by atoms with Crippen molar-refractivity contribution in [3.05, 3.63) is 0 Å². The zero-order valence-electron chi connectivity index (χ0n) is 12.2. The largest absolute Gasteiger partial charge is 0.328 e. The van der Waals surface area contributed by atoms with Gasteiger partial charge in [0.2, 0.25) is 0 Å².